The van der Waals surface area contributed by atoms with Crippen LogP contribution in [0.25, 0.3) is 22.2 Å². The van der Waals surface area contributed by atoms with Gasteiger partial charge >= 0.3 is 16.1 Å². The number of aliphatic hydroxyl groups is 3. The molecular formula is C22H27N8O13P2+. The number of aromatic amines is 1. The van der Waals surface area contributed by atoms with Gasteiger partial charge in [0.15, 0.2) is 29.9 Å². The van der Waals surface area contributed by atoms with Crippen LogP contribution >= 0.6 is 16.1 Å². The number of nitrogens with two attached hydrogens (primary N) is 2. The number of hydrogen-bond donors (Lipinski definition) is 8. The fourth-order valence-electron chi connectivity index (χ4n) is 5.28. The molecule has 0 aliphatic carbocycles. The second-order valence-corrected chi connectivity index (χ2v) is 12.2. The van der Waals surface area contributed by atoms with E-state index in [4.69, 9.17) is 34.5 Å². The molecule has 2 aliphatic heterocycles. The van der Waals surface area contributed by atoms with E-state index >= 15 is 0 Å². The third-order valence-electron chi connectivity index (χ3n) is 7.31. The van der Waals surface area contributed by atoms with Gasteiger partial charge in [-0.3, -0.25) is 23.4 Å². The van der Waals surface area contributed by atoms with Gasteiger partial charge in [-0.25, -0.2) is 14.5 Å². The van der Waals surface area contributed by atoms with E-state index in [1.54, 1.807) is 0 Å². The van der Waals surface area contributed by atoms with E-state index in [9.17, 15) is 39.0 Å². The first-order valence-electron chi connectivity index (χ1n) is 13.1. The van der Waals surface area contributed by atoms with Crippen LogP contribution in [0.15, 0.2) is 35.6 Å². The quantitative estimate of drug-likeness (QED) is 0.0877. The summed E-state index contributed by atoms with van der Waals surface area (Å²) in [5, 5.41) is 31.5. The topological polar surface area (TPSA) is 315 Å². The summed E-state index contributed by atoms with van der Waals surface area (Å²) >= 11 is 0. The van der Waals surface area contributed by atoms with E-state index in [0.29, 0.717) is 0 Å². The molecule has 0 saturated carbocycles. The van der Waals surface area contributed by atoms with Crippen LogP contribution in [0.1, 0.15) is 12.5 Å². The van der Waals surface area contributed by atoms with Gasteiger partial charge in [0.1, 0.15) is 36.0 Å². The molecular weight excluding hydrogens is 646 g/mol. The van der Waals surface area contributed by atoms with Crippen molar-refractivity contribution >= 4 is 49.9 Å². The normalized spacial score (nSPS) is 30.3. The molecule has 2 saturated heterocycles. The largest absolute Gasteiger partial charge is 0.695 e. The third-order valence-corrected chi connectivity index (χ3v) is 8.72. The number of aromatic nitrogens is 6. The van der Waals surface area contributed by atoms with Crippen LogP contribution in [-0.4, -0.2) is 104 Å². The number of H-pyrrole nitrogens is 1. The standard InChI is InChI=1S/C22H26N8O13P2/c23-9-1-3-25-18-12(9)26-7-30(18)20-14(33)15(42-44(35)36)11(41-20)6-39-45(37,38)43-16-13(32)10(5-31)40-21(16)29-4-2-8-17(29)27-22(24)28-19(8)34/h1-4,7,10-11,13-16,20-21,31-33H,5-6H2,(H6-,23,24,25,27,28,34,35,36,37,38)/p+1/t10?,11-,13-,14-,15-,16-,20?,21-/m1/s1. The van der Waals surface area contributed by atoms with Crippen LogP contribution in [0.5, 0.6) is 0 Å². The molecule has 2 aliphatic rings. The van der Waals surface area contributed by atoms with Gasteiger partial charge in [-0.2, -0.15) is 4.98 Å². The maximum atomic E-state index is 13.2. The minimum atomic E-state index is -5.14. The maximum Gasteiger partial charge on any atom is 0.695 e. The number of nitrogens with zero attached hydrogens (tertiary/aromatic N) is 5. The molecule has 0 radical (unpaired) electrons. The maximum absolute atomic E-state index is 13.2. The van der Waals surface area contributed by atoms with Gasteiger partial charge in [0.2, 0.25) is 5.95 Å². The molecule has 4 aromatic rings. The Hall–Kier alpha value is -3.43. The van der Waals surface area contributed by atoms with Crippen molar-refractivity contribution in [2.24, 2.45) is 0 Å². The van der Waals surface area contributed by atoms with Gasteiger partial charge in [0, 0.05) is 17.0 Å². The molecule has 4 aromatic heterocycles. The number of nitrogens with one attached hydrogen (secondary N) is 1. The predicted molar refractivity (Wildman–Crippen MR) is 149 cm³/mol. The third kappa shape index (κ3) is 5.85. The van der Waals surface area contributed by atoms with E-state index in [-0.39, 0.29) is 33.8 Å². The van der Waals surface area contributed by atoms with Crippen molar-refractivity contribution in [3.8, 4) is 0 Å². The summed E-state index contributed by atoms with van der Waals surface area (Å²) in [6.07, 6.45) is -7.89. The van der Waals surface area contributed by atoms with Crippen LogP contribution in [0.2, 0.25) is 0 Å². The number of hydrogen-bond acceptors (Lipinski definition) is 16. The van der Waals surface area contributed by atoms with Crippen molar-refractivity contribution in [1.29, 1.82) is 0 Å². The van der Waals surface area contributed by atoms with Crippen LogP contribution in [0.4, 0.5) is 11.6 Å². The van der Waals surface area contributed by atoms with Crippen molar-refractivity contribution in [1.82, 2.24) is 29.1 Å². The lowest BCUT2D eigenvalue weighted by Crippen LogP contribution is -2.36. The molecule has 0 aromatic carbocycles. The molecule has 6 rings (SSSR count). The number of ether oxygens (including phenoxy) is 2. The first-order chi connectivity index (χ1) is 21.4. The predicted octanol–water partition coefficient (Wildman–Crippen LogP) is -1.62. The summed E-state index contributed by atoms with van der Waals surface area (Å²) in [7, 11) is -8.42. The highest BCUT2D eigenvalue weighted by Gasteiger charge is 2.53. The fraction of sp³-hybridized carbons (Fsp3) is 0.455. The Morgan fingerprint density at radius 3 is 2.56 bits per heavy atom. The molecule has 0 amide bonds. The fourth-order valence-corrected chi connectivity index (χ4v) is 6.68. The molecule has 10 atom stereocenters. The van der Waals surface area contributed by atoms with E-state index < -0.39 is 83.9 Å². The molecule has 242 valence electrons. The van der Waals surface area contributed by atoms with Gasteiger partial charge in [-0.1, -0.05) is 0 Å². The van der Waals surface area contributed by atoms with Crippen LogP contribution in [-0.2, 0) is 32.2 Å². The number of pyridine rings is 1. The van der Waals surface area contributed by atoms with Gasteiger partial charge in [0.05, 0.1) is 30.6 Å². The second-order valence-electron chi connectivity index (χ2n) is 10.1. The smallest absolute Gasteiger partial charge is 0.397 e. The molecule has 6 heterocycles. The van der Waals surface area contributed by atoms with Crippen molar-refractivity contribution in [2.45, 2.75) is 49.1 Å². The number of imidazole rings is 1. The average molecular weight is 673 g/mol. The average Bonchev–Trinajstić information content (AvgIpc) is 3.73. The Balaban J connectivity index is 1.22. The summed E-state index contributed by atoms with van der Waals surface area (Å²) in [5.41, 5.74) is 11.8. The number of rotatable bonds is 10. The van der Waals surface area contributed by atoms with Crippen molar-refractivity contribution in [2.75, 3.05) is 24.7 Å². The highest BCUT2D eigenvalue weighted by atomic mass is 31.2. The first-order valence-corrected chi connectivity index (χ1v) is 15.7. The van der Waals surface area contributed by atoms with Crippen LogP contribution in [0, 0.1) is 0 Å². The SMILES string of the molecule is Nc1nc2c(ccn2[C@@H]2OC(CO)[C@@H](O)[C@H]2OP(=O)(O)OC[C@H]2OC(n3cnc4c(N)ccnc43)[C@H](O)[C@@H]2O[P+](=O)O)c(=O)[nH]1. The molecule has 45 heavy (non-hydrogen) atoms. The summed E-state index contributed by atoms with van der Waals surface area (Å²) in [6, 6.07) is 2.88. The van der Waals surface area contributed by atoms with Crippen molar-refractivity contribution in [3.63, 3.8) is 0 Å². The lowest BCUT2D eigenvalue weighted by atomic mass is 10.1. The summed E-state index contributed by atoms with van der Waals surface area (Å²) in [5.74, 6) is -0.236. The number of phosphoric acid groups is 1. The zero-order valence-corrected chi connectivity index (χ0v) is 24.5. The molecule has 4 unspecified atom stereocenters. The second kappa shape index (κ2) is 12.1. The van der Waals surface area contributed by atoms with Gasteiger partial charge in [-0.15, -0.1) is 9.42 Å². The van der Waals surface area contributed by atoms with Gasteiger partial charge in [-0.05, 0) is 12.1 Å². The zero-order chi connectivity index (χ0) is 32.2. The molecule has 2 fully saturated rings. The lowest BCUT2D eigenvalue weighted by Gasteiger charge is -2.25. The minimum Gasteiger partial charge on any atom is -0.397 e. The number of phosphoric ester groups is 1. The molecule has 21 nitrogen and oxygen atoms in total. The number of fused-ring (bicyclic) bond motifs is 2. The monoisotopic (exact) mass is 673 g/mol. The molecule has 23 heteroatoms. The Kier molecular flexibility index (Phi) is 8.46. The minimum absolute atomic E-state index is 0.00454. The highest BCUT2D eigenvalue weighted by Crippen LogP contribution is 2.50. The number of anilines is 2. The highest BCUT2D eigenvalue weighted by molar-refractivity contribution is 7.47. The number of nitrogen functional groups attached to an aromatic ring is 2. The van der Waals surface area contributed by atoms with E-state index in [2.05, 4.69) is 19.9 Å². The zero-order valence-electron chi connectivity index (χ0n) is 22.7. The van der Waals surface area contributed by atoms with E-state index in [1.807, 2.05) is 0 Å². The van der Waals surface area contributed by atoms with Crippen LogP contribution in [0.3, 0.4) is 0 Å². The number of aliphatic hydroxyl groups excluding tert-OH is 3. The van der Waals surface area contributed by atoms with E-state index in [0.717, 1.165) is 0 Å². The summed E-state index contributed by atoms with van der Waals surface area (Å²) in [6.45, 7) is -1.53. The Labute approximate surface area is 251 Å². The summed E-state index contributed by atoms with van der Waals surface area (Å²) in [4.78, 5) is 47.0. The van der Waals surface area contributed by atoms with Crippen molar-refractivity contribution < 1.29 is 57.3 Å². The van der Waals surface area contributed by atoms with Gasteiger partial charge < -0.3 is 45.7 Å². The molecule has 0 spiro atoms. The van der Waals surface area contributed by atoms with E-state index in [1.165, 1.54) is 40.0 Å². The van der Waals surface area contributed by atoms with Crippen molar-refractivity contribution in [3.05, 3.63) is 41.2 Å². The Morgan fingerprint density at radius 1 is 1.07 bits per heavy atom. The van der Waals surface area contributed by atoms with Gasteiger partial charge in [0.25, 0.3) is 5.56 Å². The lowest BCUT2D eigenvalue weighted by molar-refractivity contribution is -0.0607. The molecule has 10 N–H and O–H groups in total. The van der Waals surface area contributed by atoms with Crippen LogP contribution < -0.4 is 17.0 Å². The summed E-state index contributed by atoms with van der Waals surface area (Å²) < 4.78 is 54.1. The Morgan fingerprint density at radius 2 is 1.82 bits per heavy atom. The Bertz CT molecular complexity index is 1850. The molecule has 0 bridgehead atoms. The first kappa shape index (κ1) is 31.5.